The van der Waals surface area contributed by atoms with Gasteiger partial charge in [-0.05, 0) is 36.7 Å². The standard InChI is InChI=1S/C13H20N2O2/c1-10(9-14)8-13(16)15(2)11-4-6-12(17-3)7-5-11/h4-7,10H,8-9,14H2,1-3H3. The number of hydrogen-bond acceptors (Lipinski definition) is 3. The number of rotatable bonds is 5. The van der Waals surface area contributed by atoms with Crippen LogP contribution in [-0.4, -0.2) is 26.6 Å². The Balaban J connectivity index is 2.67. The van der Waals surface area contributed by atoms with Crippen molar-refractivity contribution in [2.24, 2.45) is 11.7 Å². The topological polar surface area (TPSA) is 55.6 Å². The van der Waals surface area contributed by atoms with E-state index in [2.05, 4.69) is 0 Å². The fourth-order valence-electron chi connectivity index (χ4n) is 1.47. The van der Waals surface area contributed by atoms with Crippen molar-refractivity contribution in [3.05, 3.63) is 24.3 Å². The molecule has 4 heteroatoms. The van der Waals surface area contributed by atoms with Gasteiger partial charge in [0.2, 0.25) is 5.91 Å². The van der Waals surface area contributed by atoms with Crippen LogP contribution in [0.1, 0.15) is 13.3 Å². The molecule has 1 aromatic rings. The number of amides is 1. The summed E-state index contributed by atoms with van der Waals surface area (Å²) >= 11 is 0. The highest BCUT2D eigenvalue weighted by atomic mass is 16.5. The van der Waals surface area contributed by atoms with Crippen LogP contribution >= 0.6 is 0 Å². The first kappa shape index (κ1) is 13.5. The van der Waals surface area contributed by atoms with E-state index in [4.69, 9.17) is 10.5 Å². The predicted octanol–water partition coefficient (Wildman–Crippen LogP) is 1.64. The molecule has 94 valence electrons. The molecule has 1 unspecified atom stereocenters. The zero-order chi connectivity index (χ0) is 12.8. The molecule has 1 amide bonds. The smallest absolute Gasteiger partial charge is 0.227 e. The summed E-state index contributed by atoms with van der Waals surface area (Å²) in [6.07, 6.45) is 0.471. The summed E-state index contributed by atoms with van der Waals surface area (Å²) in [5.41, 5.74) is 6.37. The van der Waals surface area contributed by atoms with Gasteiger partial charge in [-0.1, -0.05) is 6.92 Å². The number of methoxy groups -OCH3 is 1. The minimum Gasteiger partial charge on any atom is -0.497 e. The lowest BCUT2D eigenvalue weighted by molar-refractivity contribution is -0.119. The molecule has 4 nitrogen and oxygen atoms in total. The van der Waals surface area contributed by atoms with Crippen LogP contribution in [0.25, 0.3) is 0 Å². The Bertz CT molecular complexity index is 362. The number of carbonyl (C=O) groups excluding carboxylic acids is 1. The van der Waals surface area contributed by atoms with Gasteiger partial charge in [0, 0.05) is 19.2 Å². The van der Waals surface area contributed by atoms with Crippen molar-refractivity contribution in [1.29, 1.82) is 0 Å². The Morgan fingerprint density at radius 2 is 2.00 bits per heavy atom. The fraction of sp³-hybridized carbons (Fsp3) is 0.462. The lowest BCUT2D eigenvalue weighted by Crippen LogP contribution is -2.29. The van der Waals surface area contributed by atoms with Crippen LogP contribution in [0.5, 0.6) is 5.75 Å². The third-order valence-electron chi connectivity index (χ3n) is 2.76. The number of carbonyl (C=O) groups is 1. The molecule has 0 bridgehead atoms. The first-order valence-electron chi connectivity index (χ1n) is 5.69. The van der Waals surface area contributed by atoms with Gasteiger partial charge >= 0.3 is 0 Å². The molecule has 0 aliphatic carbocycles. The molecule has 0 saturated heterocycles. The number of nitrogens with zero attached hydrogens (tertiary/aromatic N) is 1. The summed E-state index contributed by atoms with van der Waals surface area (Å²) in [4.78, 5) is 13.6. The van der Waals surface area contributed by atoms with Crippen LogP contribution in [0.3, 0.4) is 0 Å². The molecule has 0 heterocycles. The molecule has 0 aromatic heterocycles. The minimum absolute atomic E-state index is 0.0770. The van der Waals surface area contributed by atoms with Gasteiger partial charge in [0.25, 0.3) is 0 Å². The van der Waals surface area contributed by atoms with Gasteiger partial charge < -0.3 is 15.4 Å². The van der Waals surface area contributed by atoms with Gasteiger partial charge in [0.1, 0.15) is 5.75 Å². The van der Waals surface area contributed by atoms with Gasteiger partial charge in [-0.3, -0.25) is 4.79 Å². The second kappa shape index (κ2) is 6.25. The SMILES string of the molecule is COc1ccc(N(C)C(=O)CC(C)CN)cc1. The molecule has 0 aliphatic heterocycles. The molecule has 1 aromatic carbocycles. The van der Waals surface area contributed by atoms with E-state index >= 15 is 0 Å². The lowest BCUT2D eigenvalue weighted by Gasteiger charge is -2.19. The van der Waals surface area contributed by atoms with Crippen LogP contribution in [0, 0.1) is 5.92 Å². The number of benzene rings is 1. The monoisotopic (exact) mass is 236 g/mol. The first-order valence-corrected chi connectivity index (χ1v) is 5.69. The molecule has 0 fully saturated rings. The van der Waals surface area contributed by atoms with Crippen LogP contribution in [0.15, 0.2) is 24.3 Å². The Labute approximate surface area is 102 Å². The van der Waals surface area contributed by atoms with Crippen molar-refractivity contribution < 1.29 is 9.53 Å². The maximum Gasteiger partial charge on any atom is 0.227 e. The molecule has 0 spiro atoms. The number of ether oxygens (including phenoxy) is 1. The molecule has 0 saturated carbocycles. The molecular weight excluding hydrogens is 216 g/mol. The summed E-state index contributed by atoms with van der Waals surface area (Å²) < 4.78 is 5.07. The maximum atomic E-state index is 11.9. The highest BCUT2D eigenvalue weighted by Crippen LogP contribution is 2.19. The third kappa shape index (κ3) is 3.75. The Morgan fingerprint density at radius 3 is 2.47 bits per heavy atom. The van der Waals surface area contributed by atoms with E-state index < -0.39 is 0 Å². The Hall–Kier alpha value is -1.55. The van der Waals surface area contributed by atoms with Crippen molar-refractivity contribution in [3.63, 3.8) is 0 Å². The maximum absolute atomic E-state index is 11.9. The van der Waals surface area contributed by atoms with Crippen molar-refractivity contribution in [1.82, 2.24) is 0 Å². The van der Waals surface area contributed by atoms with Crippen molar-refractivity contribution in [2.45, 2.75) is 13.3 Å². The molecular formula is C13H20N2O2. The Kier molecular flexibility index (Phi) is 4.97. The molecule has 17 heavy (non-hydrogen) atoms. The highest BCUT2D eigenvalue weighted by Gasteiger charge is 2.13. The molecule has 0 radical (unpaired) electrons. The third-order valence-corrected chi connectivity index (χ3v) is 2.76. The largest absolute Gasteiger partial charge is 0.497 e. The second-order valence-corrected chi connectivity index (χ2v) is 4.20. The van der Waals surface area contributed by atoms with E-state index in [1.54, 1.807) is 19.1 Å². The van der Waals surface area contributed by atoms with E-state index in [-0.39, 0.29) is 11.8 Å². The zero-order valence-electron chi connectivity index (χ0n) is 10.6. The van der Waals surface area contributed by atoms with Crippen LogP contribution in [-0.2, 0) is 4.79 Å². The summed E-state index contributed by atoms with van der Waals surface area (Å²) in [6.45, 7) is 2.50. The van der Waals surface area contributed by atoms with Gasteiger partial charge in [0.05, 0.1) is 7.11 Å². The van der Waals surface area contributed by atoms with Crippen LogP contribution in [0.4, 0.5) is 5.69 Å². The quantitative estimate of drug-likeness (QED) is 0.845. The molecule has 1 rings (SSSR count). The van der Waals surface area contributed by atoms with Gasteiger partial charge in [0.15, 0.2) is 0 Å². The molecule has 1 atom stereocenters. The summed E-state index contributed by atoms with van der Waals surface area (Å²) in [5.74, 6) is 1.07. The average Bonchev–Trinajstić information content (AvgIpc) is 2.37. The summed E-state index contributed by atoms with van der Waals surface area (Å²) in [7, 11) is 3.39. The summed E-state index contributed by atoms with van der Waals surface area (Å²) in [5, 5.41) is 0. The van der Waals surface area contributed by atoms with E-state index in [9.17, 15) is 4.79 Å². The summed E-state index contributed by atoms with van der Waals surface area (Å²) in [6, 6.07) is 7.41. The number of hydrogen-bond donors (Lipinski definition) is 1. The minimum atomic E-state index is 0.0770. The van der Waals surface area contributed by atoms with E-state index in [1.807, 2.05) is 31.2 Å². The highest BCUT2D eigenvalue weighted by molar-refractivity contribution is 5.92. The van der Waals surface area contributed by atoms with Gasteiger partial charge in [-0.15, -0.1) is 0 Å². The molecule has 0 aliphatic rings. The van der Waals surface area contributed by atoms with Crippen molar-refractivity contribution >= 4 is 11.6 Å². The normalized spacial score (nSPS) is 12.0. The second-order valence-electron chi connectivity index (χ2n) is 4.20. The van der Waals surface area contributed by atoms with Crippen LogP contribution in [0.2, 0.25) is 0 Å². The van der Waals surface area contributed by atoms with E-state index in [1.165, 1.54) is 0 Å². The van der Waals surface area contributed by atoms with Gasteiger partial charge in [-0.25, -0.2) is 0 Å². The average molecular weight is 236 g/mol. The molecule has 2 N–H and O–H groups in total. The Morgan fingerprint density at radius 1 is 1.41 bits per heavy atom. The first-order chi connectivity index (χ1) is 8.08. The zero-order valence-corrected chi connectivity index (χ0v) is 10.6. The van der Waals surface area contributed by atoms with Crippen LogP contribution < -0.4 is 15.4 Å². The van der Waals surface area contributed by atoms with E-state index in [0.717, 1.165) is 11.4 Å². The van der Waals surface area contributed by atoms with Crippen molar-refractivity contribution in [2.75, 3.05) is 25.6 Å². The van der Waals surface area contributed by atoms with Crippen molar-refractivity contribution in [3.8, 4) is 5.75 Å². The number of anilines is 1. The fourth-order valence-corrected chi connectivity index (χ4v) is 1.47. The van der Waals surface area contributed by atoms with Gasteiger partial charge in [-0.2, -0.15) is 0 Å². The lowest BCUT2D eigenvalue weighted by atomic mass is 10.1. The number of nitrogens with two attached hydrogens (primary N) is 1. The van der Waals surface area contributed by atoms with E-state index in [0.29, 0.717) is 13.0 Å². The predicted molar refractivity (Wildman–Crippen MR) is 69.2 cm³/mol.